The Morgan fingerprint density at radius 3 is 2.00 bits per heavy atom. The summed E-state index contributed by atoms with van der Waals surface area (Å²) in [5.41, 5.74) is 0. The van der Waals surface area contributed by atoms with Crippen LogP contribution in [0.25, 0.3) is 0 Å². The van der Waals surface area contributed by atoms with Crippen LogP contribution >= 0.6 is 34.8 Å². The Morgan fingerprint density at radius 2 is 1.45 bits per heavy atom. The smallest absolute Gasteiger partial charge is 0.358 e. The van der Waals surface area contributed by atoms with E-state index in [1.165, 1.54) is 0 Å². The minimum absolute atomic E-state index is 0.0424. The summed E-state index contributed by atoms with van der Waals surface area (Å²) in [7, 11) is -4.43. The second-order valence-electron chi connectivity index (χ2n) is 3.57. The Balaban J connectivity index is 2.49. The van der Waals surface area contributed by atoms with Gasteiger partial charge in [-0.15, -0.1) is 0 Å². The number of aromatic nitrogens is 1. The topological polar surface area (TPSA) is 88.8 Å². The van der Waals surface area contributed by atoms with Crippen molar-refractivity contribution in [1.82, 2.24) is 4.73 Å². The first-order valence-corrected chi connectivity index (χ1v) is 7.46. The molecule has 0 atom stereocenters. The molecule has 0 amide bonds. The molecule has 108 valence electrons. The van der Waals surface area contributed by atoms with Crippen LogP contribution in [0.4, 0.5) is 0 Å². The highest BCUT2D eigenvalue weighted by Gasteiger charge is 2.24. The van der Waals surface area contributed by atoms with Crippen molar-refractivity contribution in [2.45, 2.75) is 4.90 Å². The van der Waals surface area contributed by atoms with Gasteiger partial charge in [-0.25, -0.2) is 0 Å². The Bertz CT molecular complexity index is 752. The summed E-state index contributed by atoms with van der Waals surface area (Å²) >= 11 is 17.2. The summed E-state index contributed by atoms with van der Waals surface area (Å²) in [5.74, 6) is -1.22. The van der Waals surface area contributed by atoms with Crippen LogP contribution in [-0.4, -0.2) is 23.4 Å². The van der Waals surface area contributed by atoms with Gasteiger partial charge in [0, 0.05) is 12.1 Å². The summed E-state index contributed by atoms with van der Waals surface area (Å²) < 4.78 is 29.0. The second kappa shape index (κ2) is 5.25. The van der Waals surface area contributed by atoms with E-state index in [9.17, 15) is 18.6 Å². The third kappa shape index (κ3) is 2.76. The molecule has 0 saturated heterocycles. The van der Waals surface area contributed by atoms with E-state index in [4.69, 9.17) is 34.8 Å². The molecule has 0 bridgehead atoms. The quantitative estimate of drug-likeness (QED) is 0.824. The van der Waals surface area contributed by atoms with Crippen molar-refractivity contribution >= 4 is 44.9 Å². The second-order valence-corrected chi connectivity index (χ2v) is 6.29. The van der Waals surface area contributed by atoms with E-state index >= 15 is 0 Å². The Hall–Kier alpha value is -1.28. The first-order valence-electron chi connectivity index (χ1n) is 4.91. The molecular weight excluding hydrogens is 353 g/mol. The van der Waals surface area contributed by atoms with Gasteiger partial charge in [0.25, 0.3) is 0 Å². The third-order valence-corrected chi connectivity index (χ3v) is 4.58. The summed E-state index contributed by atoms with van der Waals surface area (Å²) in [6.07, 6.45) is 0. The average molecular weight is 359 g/mol. The van der Waals surface area contributed by atoms with Crippen LogP contribution in [0.3, 0.4) is 0 Å². The van der Waals surface area contributed by atoms with Crippen LogP contribution in [0.2, 0.25) is 15.1 Å². The normalized spacial score (nSPS) is 11.6. The maximum atomic E-state index is 12.0. The molecule has 20 heavy (non-hydrogen) atoms. The van der Waals surface area contributed by atoms with Gasteiger partial charge in [0.05, 0.1) is 15.1 Å². The first-order chi connectivity index (χ1) is 9.22. The summed E-state index contributed by atoms with van der Waals surface area (Å²) in [4.78, 5) is -0.457. The summed E-state index contributed by atoms with van der Waals surface area (Å²) in [6, 6.07) is 4.22. The molecule has 0 saturated carbocycles. The minimum Gasteiger partial charge on any atom is -0.492 e. The van der Waals surface area contributed by atoms with Gasteiger partial charge in [0.15, 0.2) is 0 Å². The summed E-state index contributed by atoms with van der Waals surface area (Å²) in [6.45, 7) is 0. The Morgan fingerprint density at radius 1 is 0.950 bits per heavy atom. The van der Waals surface area contributed by atoms with E-state index in [-0.39, 0.29) is 15.1 Å². The molecular formula is C10H6Cl3NO5S. The van der Waals surface area contributed by atoms with Crippen LogP contribution in [0.5, 0.6) is 11.8 Å². The van der Waals surface area contributed by atoms with Crippen molar-refractivity contribution in [3.05, 3.63) is 39.3 Å². The molecule has 0 aliphatic carbocycles. The van der Waals surface area contributed by atoms with Gasteiger partial charge in [-0.2, -0.15) is 8.42 Å². The van der Waals surface area contributed by atoms with E-state index in [2.05, 4.69) is 4.28 Å². The number of nitrogens with zero attached hydrogens (tertiary/aromatic N) is 1. The van der Waals surface area contributed by atoms with Gasteiger partial charge in [0.2, 0.25) is 11.8 Å². The van der Waals surface area contributed by atoms with Crippen molar-refractivity contribution in [3.63, 3.8) is 0 Å². The van der Waals surface area contributed by atoms with Crippen LogP contribution < -0.4 is 4.28 Å². The van der Waals surface area contributed by atoms with E-state index in [1.54, 1.807) is 0 Å². The van der Waals surface area contributed by atoms with Crippen molar-refractivity contribution in [2.24, 2.45) is 0 Å². The molecule has 0 aliphatic heterocycles. The molecule has 2 aromatic rings. The fourth-order valence-electron chi connectivity index (χ4n) is 1.31. The lowest BCUT2D eigenvalue weighted by atomic mass is 10.4. The van der Waals surface area contributed by atoms with Crippen molar-refractivity contribution in [1.29, 1.82) is 0 Å². The Labute approximate surface area is 128 Å². The van der Waals surface area contributed by atoms with Gasteiger partial charge in [0.1, 0.15) is 4.90 Å². The number of rotatable bonds is 3. The SMILES string of the molecule is O=S(=O)(On1c(O)ccc1O)c1cc(Cl)c(Cl)cc1Cl. The average Bonchev–Trinajstić information content (AvgIpc) is 2.65. The zero-order valence-corrected chi connectivity index (χ0v) is 12.5. The highest BCUT2D eigenvalue weighted by Crippen LogP contribution is 2.32. The fourth-order valence-corrected chi connectivity index (χ4v) is 3.20. The largest absolute Gasteiger partial charge is 0.492 e. The number of halogens is 3. The predicted octanol–water partition coefficient (Wildman–Crippen LogP) is 2.68. The highest BCUT2D eigenvalue weighted by molar-refractivity contribution is 7.87. The first kappa shape index (κ1) is 15.1. The molecule has 10 heteroatoms. The van der Waals surface area contributed by atoms with Crippen LogP contribution in [0.1, 0.15) is 0 Å². The minimum atomic E-state index is -4.43. The maximum absolute atomic E-state index is 12.0. The van der Waals surface area contributed by atoms with E-state index in [0.29, 0.717) is 4.73 Å². The van der Waals surface area contributed by atoms with Gasteiger partial charge in [-0.3, -0.25) is 4.28 Å². The highest BCUT2D eigenvalue weighted by atomic mass is 35.5. The van der Waals surface area contributed by atoms with Crippen LogP contribution in [0, 0.1) is 0 Å². The van der Waals surface area contributed by atoms with Gasteiger partial charge < -0.3 is 10.2 Å². The maximum Gasteiger partial charge on any atom is 0.358 e. The van der Waals surface area contributed by atoms with E-state index in [1.807, 2.05) is 0 Å². The molecule has 0 unspecified atom stereocenters. The molecule has 6 nitrogen and oxygen atoms in total. The molecule has 1 heterocycles. The van der Waals surface area contributed by atoms with E-state index < -0.39 is 26.8 Å². The lowest BCUT2D eigenvalue weighted by Gasteiger charge is -2.10. The van der Waals surface area contributed by atoms with Gasteiger partial charge >= 0.3 is 10.1 Å². The summed E-state index contributed by atoms with van der Waals surface area (Å²) in [5, 5.41) is 18.5. The van der Waals surface area contributed by atoms with Crippen molar-refractivity contribution in [3.8, 4) is 11.8 Å². The predicted molar refractivity (Wildman–Crippen MR) is 73.0 cm³/mol. The van der Waals surface area contributed by atoms with Crippen molar-refractivity contribution in [2.75, 3.05) is 0 Å². The third-order valence-electron chi connectivity index (χ3n) is 2.21. The lowest BCUT2D eigenvalue weighted by molar-refractivity contribution is 0.203. The Kier molecular flexibility index (Phi) is 3.97. The molecule has 0 aliphatic rings. The fraction of sp³-hybridized carbons (Fsp3) is 0. The van der Waals surface area contributed by atoms with Gasteiger partial charge in [-0.1, -0.05) is 39.5 Å². The molecule has 1 aromatic carbocycles. The number of hydrogen-bond donors (Lipinski definition) is 2. The van der Waals surface area contributed by atoms with E-state index in [0.717, 1.165) is 24.3 Å². The molecule has 0 fully saturated rings. The van der Waals surface area contributed by atoms with Crippen molar-refractivity contribution < 1.29 is 22.9 Å². The van der Waals surface area contributed by atoms with Crippen LogP contribution in [-0.2, 0) is 10.1 Å². The standard InChI is InChI=1S/C10H6Cl3NO5S/c11-5-3-7(13)8(4-6(5)12)20(17,18)19-14-9(15)1-2-10(14)16/h1-4,15-16H. The number of hydrogen-bond acceptors (Lipinski definition) is 5. The molecule has 0 spiro atoms. The lowest BCUT2D eigenvalue weighted by Crippen LogP contribution is -2.20. The van der Waals surface area contributed by atoms with Gasteiger partial charge in [-0.05, 0) is 12.1 Å². The molecule has 1 aromatic heterocycles. The number of aromatic hydroxyl groups is 2. The molecule has 0 radical (unpaired) electrons. The molecule has 2 rings (SSSR count). The number of benzene rings is 1. The zero-order chi connectivity index (χ0) is 15.1. The zero-order valence-electron chi connectivity index (χ0n) is 9.42. The molecule has 2 N–H and O–H groups in total. The monoisotopic (exact) mass is 357 g/mol. The van der Waals surface area contributed by atoms with Crippen LogP contribution in [0.15, 0.2) is 29.2 Å².